The number of non-ortho nitro benzene ring substituents is 1. The summed E-state index contributed by atoms with van der Waals surface area (Å²) in [5, 5.41) is 15.1. The van der Waals surface area contributed by atoms with Crippen molar-refractivity contribution in [2.24, 2.45) is 5.92 Å². The van der Waals surface area contributed by atoms with Gasteiger partial charge in [-0.25, -0.2) is 0 Å². The lowest BCUT2D eigenvalue weighted by atomic mass is 9.83. The zero-order valence-corrected chi connectivity index (χ0v) is 17.2. The van der Waals surface area contributed by atoms with Crippen LogP contribution in [0.4, 0.5) is 17.1 Å². The number of hydrogen-bond donors (Lipinski definition) is 1. The van der Waals surface area contributed by atoms with Crippen LogP contribution in [0.2, 0.25) is 5.02 Å². The molecule has 2 aromatic rings. The second kappa shape index (κ2) is 7.47. The van der Waals surface area contributed by atoms with E-state index >= 15 is 0 Å². The van der Waals surface area contributed by atoms with E-state index in [1.807, 2.05) is 30.3 Å². The highest BCUT2D eigenvalue weighted by Gasteiger charge is 2.43. The molecule has 1 saturated heterocycles. The van der Waals surface area contributed by atoms with Crippen molar-refractivity contribution in [3.05, 3.63) is 63.2 Å². The highest BCUT2D eigenvalue weighted by Crippen LogP contribution is 2.39. The molecule has 2 atom stereocenters. The molecular formula is C22H23ClN4O3. The van der Waals surface area contributed by atoms with Gasteiger partial charge in [0.25, 0.3) is 5.69 Å². The molecule has 2 aromatic carbocycles. The minimum absolute atomic E-state index is 0.0114. The summed E-state index contributed by atoms with van der Waals surface area (Å²) in [6.45, 7) is 2.18. The number of anilines is 2. The number of halogens is 1. The van der Waals surface area contributed by atoms with E-state index in [1.54, 1.807) is 12.1 Å². The van der Waals surface area contributed by atoms with Gasteiger partial charge in [0.1, 0.15) is 0 Å². The Hall–Kier alpha value is -2.80. The molecule has 1 amide bonds. The number of hydrogen-bond acceptors (Lipinski definition) is 5. The van der Waals surface area contributed by atoms with Gasteiger partial charge in [-0.1, -0.05) is 23.7 Å². The summed E-state index contributed by atoms with van der Waals surface area (Å²) < 4.78 is 0. The molecule has 30 heavy (non-hydrogen) atoms. The number of nitro groups is 1. The fourth-order valence-corrected chi connectivity index (χ4v) is 4.94. The van der Waals surface area contributed by atoms with Crippen molar-refractivity contribution in [2.45, 2.75) is 31.3 Å². The number of carbonyl (C=O) groups is 1. The van der Waals surface area contributed by atoms with Gasteiger partial charge in [0.15, 0.2) is 0 Å². The maximum absolute atomic E-state index is 13.1. The quantitative estimate of drug-likeness (QED) is 0.598. The normalized spacial score (nSPS) is 22.8. The van der Waals surface area contributed by atoms with E-state index in [-0.39, 0.29) is 34.5 Å². The van der Waals surface area contributed by atoms with Crippen molar-refractivity contribution in [1.29, 1.82) is 0 Å². The predicted molar refractivity (Wildman–Crippen MR) is 116 cm³/mol. The van der Waals surface area contributed by atoms with Gasteiger partial charge in [-0.15, -0.1) is 0 Å². The molecule has 1 saturated carbocycles. The zero-order chi connectivity index (χ0) is 20.8. The molecule has 1 N–H and O–H groups in total. The molecular weight excluding hydrogens is 404 g/mol. The number of carbonyl (C=O) groups excluding carboxylic acids is 1. The third-order valence-corrected chi connectivity index (χ3v) is 6.68. The minimum Gasteiger partial charge on any atom is -0.366 e. The molecule has 8 heteroatoms. The van der Waals surface area contributed by atoms with Gasteiger partial charge in [0.2, 0.25) is 5.91 Å². The highest BCUT2D eigenvalue weighted by molar-refractivity contribution is 6.33. The fourth-order valence-electron chi connectivity index (χ4n) is 4.69. The van der Waals surface area contributed by atoms with Crippen LogP contribution in [0.1, 0.15) is 18.4 Å². The molecule has 0 radical (unpaired) electrons. The van der Waals surface area contributed by atoms with Crippen molar-refractivity contribution in [3.8, 4) is 0 Å². The number of fused-ring (bicyclic) bond motifs is 3. The Balaban J connectivity index is 1.49. The van der Waals surface area contributed by atoms with E-state index in [4.69, 9.17) is 11.6 Å². The highest BCUT2D eigenvalue weighted by atomic mass is 35.5. The van der Waals surface area contributed by atoms with Gasteiger partial charge in [-0.2, -0.15) is 0 Å². The molecule has 7 nitrogen and oxygen atoms in total. The number of amides is 1. The second-order valence-electron chi connectivity index (χ2n) is 8.32. The van der Waals surface area contributed by atoms with Gasteiger partial charge in [0.05, 0.1) is 27.6 Å². The Kier molecular flexibility index (Phi) is 4.77. The van der Waals surface area contributed by atoms with Crippen LogP contribution in [0, 0.1) is 16.0 Å². The predicted octanol–water partition coefficient (Wildman–Crippen LogP) is 3.39. The number of nitrogens with zero attached hydrogens (tertiary/aromatic N) is 3. The van der Waals surface area contributed by atoms with E-state index in [1.165, 1.54) is 0 Å². The van der Waals surface area contributed by atoms with Gasteiger partial charge in [0, 0.05) is 43.5 Å². The first-order valence-corrected chi connectivity index (χ1v) is 10.7. The van der Waals surface area contributed by atoms with Crippen LogP contribution in [0.5, 0.6) is 0 Å². The summed E-state index contributed by atoms with van der Waals surface area (Å²) in [5.74, 6) is -0.212. The van der Waals surface area contributed by atoms with Crippen molar-refractivity contribution < 1.29 is 9.72 Å². The first-order valence-electron chi connectivity index (χ1n) is 10.3. The van der Waals surface area contributed by atoms with E-state index in [9.17, 15) is 14.9 Å². The third kappa shape index (κ3) is 3.47. The third-order valence-electron chi connectivity index (χ3n) is 6.36. The number of nitrogens with one attached hydrogen (secondary N) is 1. The number of nitro benzene ring substituents is 1. The fraction of sp³-hybridized carbons (Fsp3) is 0.409. The van der Waals surface area contributed by atoms with Crippen LogP contribution in [-0.2, 0) is 11.2 Å². The maximum atomic E-state index is 13.1. The van der Waals surface area contributed by atoms with Gasteiger partial charge < -0.3 is 15.1 Å². The lowest BCUT2D eigenvalue weighted by molar-refractivity contribution is -0.384. The van der Waals surface area contributed by atoms with Crippen LogP contribution in [0.15, 0.2) is 42.5 Å². The van der Waals surface area contributed by atoms with Crippen molar-refractivity contribution in [1.82, 2.24) is 5.32 Å². The van der Waals surface area contributed by atoms with Crippen molar-refractivity contribution in [3.63, 3.8) is 0 Å². The van der Waals surface area contributed by atoms with E-state index < -0.39 is 0 Å². The number of piperazine rings is 1. The molecule has 5 rings (SSSR count). The monoisotopic (exact) mass is 426 g/mol. The standard InChI is InChI=1S/C22H23ClN4O3/c23-18-3-1-2-4-20(18)25-9-10-26-19-8-7-16(27(29)30)11-14(19)12-17(21(26)13-25)22(28)24-15-5-6-15/h1-4,7-8,11,15,17,21H,5-6,9-10,12-13H2,(H,24,28)/t17-,21-/m0/s1. The molecule has 1 aliphatic carbocycles. The van der Waals surface area contributed by atoms with E-state index in [0.29, 0.717) is 18.0 Å². The number of rotatable bonds is 4. The Labute approximate surface area is 179 Å². The average Bonchev–Trinajstić information content (AvgIpc) is 3.56. The van der Waals surface area contributed by atoms with Crippen LogP contribution in [0.3, 0.4) is 0 Å². The molecule has 2 heterocycles. The smallest absolute Gasteiger partial charge is 0.269 e. The number of benzene rings is 2. The van der Waals surface area contributed by atoms with Crippen molar-refractivity contribution >= 4 is 34.6 Å². The number of para-hydroxylation sites is 1. The van der Waals surface area contributed by atoms with E-state index in [0.717, 1.165) is 42.9 Å². The molecule has 0 unspecified atom stereocenters. The summed E-state index contributed by atoms with van der Waals surface area (Å²) in [6, 6.07) is 13.1. The van der Waals surface area contributed by atoms with Crippen LogP contribution in [0.25, 0.3) is 0 Å². The van der Waals surface area contributed by atoms with Crippen LogP contribution >= 0.6 is 11.6 Å². The molecule has 2 aliphatic heterocycles. The SMILES string of the molecule is O=C(NC1CC1)[C@H]1Cc2cc([N+](=O)[O-])ccc2N2CCN(c3ccccc3Cl)C[C@@H]12. The molecule has 0 aromatic heterocycles. The first kappa shape index (κ1) is 19.2. The van der Waals surface area contributed by atoms with E-state index in [2.05, 4.69) is 15.1 Å². The minimum atomic E-state index is -0.374. The summed E-state index contributed by atoms with van der Waals surface area (Å²) in [7, 11) is 0. The maximum Gasteiger partial charge on any atom is 0.269 e. The zero-order valence-electron chi connectivity index (χ0n) is 16.5. The summed E-state index contributed by atoms with van der Waals surface area (Å²) in [5.41, 5.74) is 2.93. The largest absolute Gasteiger partial charge is 0.366 e. The molecule has 3 aliphatic rings. The molecule has 0 bridgehead atoms. The van der Waals surface area contributed by atoms with Gasteiger partial charge in [-0.3, -0.25) is 14.9 Å². The first-order chi connectivity index (χ1) is 14.5. The summed E-state index contributed by atoms with van der Waals surface area (Å²) in [6.07, 6.45) is 2.56. The Morgan fingerprint density at radius 3 is 2.67 bits per heavy atom. The average molecular weight is 427 g/mol. The molecule has 0 spiro atoms. The lowest BCUT2D eigenvalue weighted by Gasteiger charge is -2.49. The van der Waals surface area contributed by atoms with Crippen molar-refractivity contribution in [2.75, 3.05) is 29.4 Å². The van der Waals surface area contributed by atoms with Crippen LogP contribution < -0.4 is 15.1 Å². The topological polar surface area (TPSA) is 78.7 Å². The second-order valence-corrected chi connectivity index (χ2v) is 8.73. The molecule has 156 valence electrons. The van der Waals surface area contributed by atoms with Gasteiger partial charge in [-0.05, 0) is 43.0 Å². The summed E-state index contributed by atoms with van der Waals surface area (Å²) in [4.78, 5) is 28.5. The van der Waals surface area contributed by atoms with Crippen LogP contribution in [-0.4, -0.2) is 42.5 Å². The Morgan fingerprint density at radius 2 is 1.93 bits per heavy atom. The summed E-state index contributed by atoms with van der Waals surface area (Å²) >= 11 is 6.44. The lowest BCUT2D eigenvalue weighted by Crippen LogP contribution is -2.61. The van der Waals surface area contributed by atoms with Gasteiger partial charge >= 0.3 is 0 Å². The molecule has 2 fully saturated rings. The Bertz CT molecular complexity index is 1010. The Morgan fingerprint density at radius 1 is 1.13 bits per heavy atom.